The van der Waals surface area contributed by atoms with Crippen LogP contribution >= 0.6 is 11.6 Å². The first-order valence-electron chi connectivity index (χ1n) is 9.11. The fourth-order valence-corrected chi connectivity index (χ4v) is 2.76. The fraction of sp³-hybridized carbons (Fsp3) is 0.364. The molecule has 1 N–H and O–H groups in total. The minimum absolute atomic E-state index is 0.0431. The molecule has 0 saturated carbocycles. The number of carbonyl (C=O) groups excluding carboxylic acids is 2. The van der Waals surface area contributed by atoms with Crippen LogP contribution in [0.1, 0.15) is 50.0 Å². The molecule has 0 aromatic heterocycles. The average molecular weight is 404 g/mol. The third-order valence-electron chi connectivity index (χ3n) is 4.31. The molecule has 1 unspecified atom stereocenters. The zero-order chi connectivity index (χ0) is 20.9. The van der Waals surface area contributed by atoms with Crippen LogP contribution < -0.4 is 10.1 Å². The molecule has 2 rings (SSSR count). The predicted molar refractivity (Wildman–Crippen MR) is 111 cm³/mol. The summed E-state index contributed by atoms with van der Waals surface area (Å²) in [6.07, 6.45) is -0.223. The summed E-state index contributed by atoms with van der Waals surface area (Å²) >= 11 is 6.15. The number of rotatable bonds is 6. The summed E-state index contributed by atoms with van der Waals surface area (Å²) in [6.45, 7) is 8.27. The number of nitrogens with one attached hydrogen (secondary N) is 1. The van der Waals surface area contributed by atoms with Gasteiger partial charge in [0.25, 0.3) is 5.91 Å². The van der Waals surface area contributed by atoms with Crippen molar-refractivity contribution in [1.82, 2.24) is 0 Å². The van der Waals surface area contributed by atoms with E-state index in [-0.39, 0.29) is 11.3 Å². The van der Waals surface area contributed by atoms with Crippen LogP contribution in [0.5, 0.6) is 5.75 Å². The molecule has 0 aliphatic heterocycles. The van der Waals surface area contributed by atoms with Crippen molar-refractivity contribution < 1.29 is 19.1 Å². The van der Waals surface area contributed by atoms with Crippen LogP contribution in [0, 0.1) is 0 Å². The normalized spacial score (nSPS) is 12.2. The van der Waals surface area contributed by atoms with E-state index in [1.165, 1.54) is 30.9 Å². The van der Waals surface area contributed by atoms with E-state index in [0.29, 0.717) is 28.4 Å². The summed E-state index contributed by atoms with van der Waals surface area (Å²) in [7, 11) is 1.29. The van der Waals surface area contributed by atoms with Crippen LogP contribution in [-0.2, 0) is 14.9 Å². The predicted octanol–water partition coefficient (Wildman–Crippen LogP) is 5.22. The standard InChI is InChI=1S/C22H26ClNO4/c1-6-19(28-16-10-8-15(9-11-16)22(2,3)4)20(25)24-18-13-14(21(26)27-5)7-12-17(18)23/h7-13,19H,6H2,1-5H3,(H,24,25). The number of amides is 1. The molecule has 0 aliphatic rings. The SMILES string of the molecule is CCC(Oc1ccc(C(C)(C)C)cc1)C(=O)Nc1cc(C(=O)OC)ccc1Cl. The largest absolute Gasteiger partial charge is 0.481 e. The smallest absolute Gasteiger partial charge is 0.337 e. The minimum Gasteiger partial charge on any atom is -0.481 e. The quantitative estimate of drug-likeness (QED) is 0.671. The Morgan fingerprint density at radius 3 is 2.29 bits per heavy atom. The van der Waals surface area contributed by atoms with Crippen molar-refractivity contribution in [3.63, 3.8) is 0 Å². The van der Waals surface area contributed by atoms with E-state index in [1.54, 1.807) is 0 Å². The van der Waals surface area contributed by atoms with Gasteiger partial charge < -0.3 is 14.8 Å². The lowest BCUT2D eigenvalue weighted by Crippen LogP contribution is -2.32. The van der Waals surface area contributed by atoms with Gasteiger partial charge in [-0.2, -0.15) is 0 Å². The summed E-state index contributed by atoms with van der Waals surface area (Å²) in [5.74, 6) is -0.231. The molecular weight excluding hydrogens is 378 g/mol. The molecule has 2 aromatic rings. The van der Waals surface area contributed by atoms with Crippen LogP contribution in [0.15, 0.2) is 42.5 Å². The van der Waals surface area contributed by atoms with Gasteiger partial charge in [-0.05, 0) is 47.7 Å². The van der Waals surface area contributed by atoms with Crippen molar-refractivity contribution in [2.75, 3.05) is 12.4 Å². The monoisotopic (exact) mass is 403 g/mol. The Labute approximate surface area is 171 Å². The summed E-state index contributed by atoms with van der Waals surface area (Å²) < 4.78 is 10.6. The number of ether oxygens (including phenoxy) is 2. The Balaban J connectivity index is 2.13. The molecule has 6 heteroatoms. The molecule has 28 heavy (non-hydrogen) atoms. The van der Waals surface area contributed by atoms with Gasteiger partial charge in [-0.15, -0.1) is 0 Å². The highest BCUT2D eigenvalue weighted by molar-refractivity contribution is 6.33. The molecule has 0 aliphatic carbocycles. The summed E-state index contributed by atoms with van der Waals surface area (Å²) in [6, 6.07) is 12.3. The van der Waals surface area contributed by atoms with Crippen LogP contribution in [0.25, 0.3) is 0 Å². The molecule has 0 heterocycles. The lowest BCUT2D eigenvalue weighted by molar-refractivity contribution is -0.122. The third-order valence-corrected chi connectivity index (χ3v) is 4.64. The maximum atomic E-state index is 12.7. The van der Waals surface area contributed by atoms with E-state index < -0.39 is 12.1 Å². The molecule has 0 radical (unpaired) electrons. The van der Waals surface area contributed by atoms with Crippen LogP contribution in [-0.4, -0.2) is 25.1 Å². The molecule has 0 saturated heterocycles. The molecule has 5 nitrogen and oxygen atoms in total. The van der Waals surface area contributed by atoms with E-state index in [4.69, 9.17) is 21.1 Å². The Morgan fingerprint density at radius 2 is 1.75 bits per heavy atom. The maximum Gasteiger partial charge on any atom is 0.337 e. The van der Waals surface area contributed by atoms with Gasteiger partial charge in [0.2, 0.25) is 0 Å². The molecule has 0 fully saturated rings. The molecule has 1 atom stereocenters. The fourth-order valence-electron chi connectivity index (χ4n) is 2.60. The van der Waals surface area contributed by atoms with Crippen LogP contribution in [0.2, 0.25) is 5.02 Å². The lowest BCUT2D eigenvalue weighted by atomic mass is 9.87. The highest BCUT2D eigenvalue weighted by atomic mass is 35.5. The van der Waals surface area contributed by atoms with Gasteiger partial charge in [-0.3, -0.25) is 4.79 Å². The van der Waals surface area contributed by atoms with E-state index in [1.807, 2.05) is 31.2 Å². The number of esters is 1. The van der Waals surface area contributed by atoms with Gasteiger partial charge in [0.05, 0.1) is 23.4 Å². The minimum atomic E-state index is -0.696. The van der Waals surface area contributed by atoms with Crippen molar-refractivity contribution in [2.45, 2.75) is 45.6 Å². The first-order valence-corrected chi connectivity index (χ1v) is 9.49. The highest BCUT2D eigenvalue weighted by Gasteiger charge is 2.21. The van der Waals surface area contributed by atoms with E-state index in [0.717, 1.165) is 0 Å². The van der Waals surface area contributed by atoms with Gasteiger partial charge in [0.15, 0.2) is 6.10 Å². The number of hydrogen-bond donors (Lipinski definition) is 1. The summed E-state index contributed by atoms with van der Waals surface area (Å²) in [5, 5.41) is 3.06. The van der Waals surface area contributed by atoms with Crippen molar-refractivity contribution in [3.8, 4) is 5.75 Å². The maximum absolute atomic E-state index is 12.7. The molecule has 0 spiro atoms. The van der Waals surface area contributed by atoms with Gasteiger partial charge in [-0.1, -0.05) is 51.4 Å². The van der Waals surface area contributed by atoms with Crippen molar-refractivity contribution in [3.05, 3.63) is 58.6 Å². The van der Waals surface area contributed by atoms with E-state index >= 15 is 0 Å². The second-order valence-electron chi connectivity index (χ2n) is 7.46. The molecule has 1 amide bonds. The summed E-state index contributed by atoms with van der Waals surface area (Å²) in [5.41, 5.74) is 1.86. The number of anilines is 1. The first kappa shape index (κ1) is 21.8. The Hall–Kier alpha value is -2.53. The van der Waals surface area contributed by atoms with Gasteiger partial charge >= 0.3 is 5.97 Å². The zero-order valence-electron chi connectivity index (χ0n) is 16.8. The van der Waals surface area contributed by atoms with Crippen LogP contribution in [0.4, 0.5) is 5.69 Å². The van der Waals surface area contributed by atoms with E-state index in [2.05, 4.69) is 26.1 Å². The van der Waals surface area contributed by atoms with Crippen molar-refractivity contribution >= 4 is 29.2 Å². The molecular formula is C22H26ClNO4. The van der Waals surface area contributed by atoms with Crippen molar-refractivity contribution in [1.29, 1.82) is 0 Å². The second kappa shape index (κ2) is 9.11. The number of benzene rings is 2. The Morgan fingerprint density at radius 1 is 1.11 bits per heavy atom. The number of carbonyl (C=O) groups is 2. The molecule has 2 aromatic carbocycles. The highest BCUT2D eigenvalue weighted by Crippen LogP contribution is 2.26. The topological polar surface area (TPSA) is 64.6 Å². The lowest BCUT2D eigenvalue weighted by Gasteiger charge is -2.21. The second-order valence-corrected chi connectivity index (χ2v) is 7.87. The Kier molecular flexibility index (Phi) is 7.08. The molecule has 150 valence electrons. The van der Waals surface area contributed by atoms with Gasteiger partial charge in [0, 0.05) is 0 Å². The molecule has 0 bridgehead atoms. The first-order chi connectivity index (χ1) is 13.2. The van der Waals surface area contributed by atoms with Crippen molar-refractivity contribution in [2.24, 2.45) is 0 Å². The van der Waals surface area contributed by atoms with Gasteiger partial charge in [0.1, 0.15) is 5.75 Å². The Bertz CT molecular complexity index is 841. The zero-order valence-corrected chi connectivity index (χ0v) is 17.6. The van der Waals surface area contributed by atoms with Gasteiger partial charge in [-0.25, -0.2) is 4.79 Å². The number of hydrogen-bond acceptors (Lipinski definition) is 4. The van der Waals surface area contributed by atoms with Crippen LogP contribution in [0.3, 0.4) is 0 Å². The average Bonchev–Trinajstić information content (AvgIpc) is 2.66. The van der Waals surface area contributed by atoms with E-state index in [9.17, 15) is 9.59 Å². The summed E-state index contributed by atoms with van der Waals surface area (Å²) in [4.78, 5) is 24.4. The third kappa shape index (κ3) is 5.49. The number of halogens is 1. The number of methoxy groups -OCH3 is 1.